The van der Waals surface area contributed by atoms with E-state index in [9.17, 15) is 14.4 Å². The van der Waals surface area contributed by atoms with Gasteiger partial charge in [-0.25, -0.2) is 4.68 Å². The molecule has 190 valence electrons. The third-order valence-electron chi connectivity index (χ3n) is 5.57. The number of benzene rings is 3. The van der Waals surface area contributed by atoms with E-state index >= 15 is 0 Å². The van der Waals surface area contributed by atoms with Gasteiger partial charge >= 0.3 is 11.8 Å². The monoisotopic (exact) mass is 556 g/mol. The minimum absolute atomic E-state index is 0.0646. The van der Waals surface area contributed by atoms with E-state index in [0.29, 0.717) is 37.3 Å². The average molecular weight is 558 g/mol. The van der Waals surface area contributed by atoms with Crippen molar-refractivity contribution in [2.45, 2.75) is 26.2 Å². The topological polar surface area (TPSA) is 92.2 Å². The Morgan fingerprint density at radius 1 is 0.757 bits per heavy atom. The summed E-state index contributed by atoms with van der Waals surface area (Å²) in [5, 5.41) is 7.01. The first-order valence-corrected chi connectivity index (χ1v) is 12.7. The summed E-state index contributed by atoms with van der Waals surface area (Å²) in [5.41, 5.74) is 5.05. The van der Waals surface area contributed by atoms with Crippen molar-refractivity contribution in [2.24, 2.45) is 0 Å². The zero-order chi connectivity index (χ0) is 26.5. The van der Waals surface area contributed by atoms with E-state index in [4.69, 9.17) is 34.8 Å². The molecular formula is C27H23Cl3N4O3. The molecule has 37 heavy (non-hydrogen) atoms. The van der Waals surface area contributed by atoms with Gasteiger partial charge in [-0.15, -0.1) is 0 Å². The molecule has 3 aromatic carbocycles. The summed E-state index contributed by atoms with van der Waals surface area (Å²) in [6, 6.07) is 18.4. The minimum Gasteiger partial charge on any atom is -0.321 e. The van der Waals surface area contributed by atoms with Gasteiger partial charge in [-0.05, 0) is 73.0 Å². The Labute approximate surface area is 228 Å². The van der Waals surface area contributed by atoms with Crippen LogP contribution >= 0.6 is 34.8 Å². The molecular weight excluding hydrogens is 535 g/mol. The molecule has 0 bridgehead atoms. The smallest absolute Gasteiger partial charge is 0.321 e. The van der Waals surface area contributed by atoms with Crippen LogP contribution in [0, 0.1) is 0 Å². The first-order valence-electron chi connectivity index (χ1n) is 11.5. The quantitative estimate of drug-likeness (QED) is 0.216. The molecule has 0 aliphatic heterocycles. The van der Waals surface area contributed by atoms with Gasteiger partial charge < -0.3 is 10.6 Å². The Morgan fingerprint density at radius 3 is 2.14 bits per heavy atom. The van der Waals surface area contributed by atoms with Crippen LogP contribution in [0.4, 0.5) is 11.4 Å². The van der Waals surface area contributed by atoms with Crippen LogP contribution in [0.1, 0.15) is 35.8 Å². The lowest BCUT2D eigenvalue weighted by Gasteiger charge is -2.13. The van der Waals surface area contributed by atoms with E-state index in [1.807, 2.05) is 12.1 Å². The van der Waals surface area contributed by atoms with Crippen LogP contribution < -0.4 is 16.1 Å². The Balaban J connectivity index is 1.56. The summed E-state index contributed by atoms with van der Waals surface area (Å²) in [7, 11) is 0. The first kappa shape index (κ1) is 26.5. The fraction of sp³-hybridized carbons (Fsp3) is 0.148. The second kappa shape index (κ2) is 11.7. The lowest BCUT2D eigenvalue weighted by molar-refractivity contribution is -0.133. The zero-order valence-corrected chi connectivity index (χ0v) is 22.0. The number of amides is 3. The molecule has 0 radical (unpaired) electrons. The SMILES string of the molecule is CCCCc1ccc(NC(=O)C(=O)Nn2c(C(=O)Nc3cc(Cl)cc(Cl)c3)cc3cc(Cl)ccc32)cc1. The number of aromatic nitrogens is 1. The Hall–Kier alpha value is -3.52. The number of fused-ring (bicyclic) bond motifs is 1. The van der Waals surface area contributed by atoms with Gasteiger partial charge in [0.15, 0.2) is 0 Å². The predicted octanol–water partition coefficient (Wildman–Crippen LogP) is 6.91. The van der Waals surface area contributed by atoms with E-state index in [2.05, 4.69) is 23.0 Å². The highest BCUT2D eigenvalue weighted by atomic mass is 35.5. The molecule has 7 nitrogen and oxygen atoms in total. The van der Waals surface area contributed by atoms with E-state index in [0.717, 1.165) is 24.8 Å². The maximum Gasteiger partial charge on any atom is 0.328 e. The molecule has 10 heteroatoms. The van der Waals surface area contributed by atoms with Gasteiger partial charge in [0, 0.05) is 31.8 Å². The number of anilines is 2. The molecule has 0 unspecified atom stereocenters. The van der Waals surface area contributed by atoms with Crippen molar-refractivity contribution < 1.29 is 14.4 Å². The molecule has 0 spiro atoms. The molecule has 3 N–H and O–H groups in total. The fourth-order valence-electron chi connectivity index (χ4n) is 3.77. The fourth-order valence-corrected chi connectivity index (χ4v) is 4.48. The summed E-state index contributed by atoms with van der Waals surface area (Å²) in [4.78, 5) is 38.6. The van der Waals surface area contributed by atoms with Crippen molar-refractivity contribution in [3.8, 4) is 0 Å². The molecule has 0 aliphatic rings. The summed E-state index contributed by atoms with van der Waals surface area (Å²) in [5.74, 6) is -2.40. The number of carbonyl (C=O) groups is 3. The molecule has 0 saturated heterocycles. The average Bonchev–Trinajstić information content (AvgIpc) is 3.20. The van der Waals surface area contributed by atoms with Crippen molar-refractivity contribution in [1.29, 1.82) is 0 Å². The largest absolute Gasteiger partial charge is 0.328 e. The molecule has 1 heterocycles. The van der Waals surface area contributed by atoms with Crippen LogP contribution in [0.25, 0.3) is 10.9 Å². The molecule has 3 amide bonds. The highest BCUT2D eigenvalue weighted by Gasteiger charge is 2.21. The number of aryl methyl sites for hydroxylation is 1. The van der Waals surface area contributed by atoms with E-state index in [1.54, 1.807) is 36.4 Å². The number of nitrogens with one attached hydrogen (secondary N) is 3. The third kappa shape index (κ3) is 6.63. The molecule has 4 rings (SSSR count). The van der Waals surface area contributed by atoms with Crippen molar-refractivity contribution in [3.05, 3.63) is 93.1 Å². The lowest BCUT2D eigenvalue weighted by Crippen LogP contribution is -2.36. The Kier molecular flexibility index (Phi) is 8.38. The van der Waals surface area contributed by atoms with Gasteiger partial charge in [0.25, 0.3) is 5.91 Å². The van der Waals surface area contributed by atoms with Crippen LogP contribution in [0.3, 0.4) is 0 Å². The first-order chi connectivity index (χ1) is 17.7. The molecule has 0 atom stereocenters. The molecule has 1 aromatic heterocycles. The van der Waals surface area contributed by atoms with Gasteiger partial charge in [-0.3, -0.25) is 19.8 Å². The summed E-state index contributed by atoms with van der Waals surface area (Å²) < 4.78 is 1.24. The van der Waals surface area contributed by atoms with Gasteiger partial charge in [-0.1, -0.05) is 60.3 Å². The Bertz CT molecular complexity index is 1460. The van der Waals surface area contributed by atoms with Gasteiger partial charge in [-0.2, -0.15) is 0 Å². The van der Waals surface area contributed by atoms with Crippen LogP contribution in [0.2, 0.25) is 15.1 Å². The van der Waals surface area contributed by atoms with Gasteiger partial charge in [0.1, 0.15) is 5.69 Å². The third-order valence-corrected chi connectivity index (χ3v) is 6.24. The normalized spacial score (nSPS) is 10.8. The number of nitrogens with zero attached hydrogens (tertiary/aromatic N) is 1. The molecule has 0 fully saturated rings. The van der Waals surface area contributed by atoms with E-state index in [-0.39, 0.29) is 5.69 Å². The summed E-state index contributed by atoms with van der Waals surface area (Å²) >= 11 is 18.2. The predicted molar refractivity (Wildman–Crippen MR) is 149 cm³/mol. The number of halogens is 3. The second-order valence-corrected chi connectivity index (χ2v) is 9.69. The van der Waals surface area contributed by atoms with Crippen LogP contribution in [-0.2, 0) is 16.0 Å². The zero-order valence-electron chi connectivity index (χ0n) is 19.8. The van der Waals surface area contributed by atoms with E-state index < -0.39 is 17.7 Å². The number of rotatable bonds is 7. The van der Waals surface area contributed by atoms with Crippen LogP contribution in [0.5, 0.6) is 0 Å². The van der Waals surface area contributed by atoms with Crippen molar-refractivity contribution in [2.75, 3.05) is 16.1 Å². The van der Waals surface area contributed by atoms with Gasteiger partial charge in [0.2, 0.25) is 0 Å². The Morgan fingerprint density at radius 2 is 1.46 bits per heavy atom. The van der Waals surface area contributed by atoms with Crippen molar-refractivity contribution in [3.63, 3.8) is 0 Å². The maximum absolute atomic E-state index is 13.2. The van der Waals surface area contributed by atoms with Gasteiger partial charge in [0.05, 0.1) is 5.52 Å². The molecule has 0 aliphatic carbocycles. The number of carbonyl (C=O) groups excluding carboxylic acids is 3. The van der Waals surface area contributed by atoms with Crippen LogP contribution in [-0.4, -0.2) is 22.4 Å². The summed E-state index contributed by atoms with van der Waals surface area (Å²) in [6.07, 6.45) is 3.11. The van der Waals surface area contributed by atoms with E-state index in [1.165, 1.54) is 22.9 Å². The number of unbranched alkanes of at least 4 members (excludes halogenated alkanes) is 1. The van der Waals surface area contributed by atoms with Crippen LogP contribution in [0.15, 0.2) is 66.7 Å². The lowest BCUT2D eigenvalue weighted by atomic mass is 10.1. The molecule has 4 aromatic rings. The van der Waals surface area contributed by atoms with Crippen molar-refractivity contribution in [1.82, 2.24) is 4.68 Å². The minimum atomic E-state index is -0.956. The highest BCUT2D eigenvalue weighted by Crippen LogP contribution is 2.26. The van der Waals surface area contributed by atoms with Crippen molar-refractivity contribution >= 4 is 74.8 Å². The molecule has 0 saturated carbocycles. The second-order valence-electron chi connectivity index (χ2n) is 8.38. The summed E-state index contributed by atoms with van der Waals surface area (Å²) in [6.45, 7) is 2.12. The maximum atomic E-state index is 13.2. The standard InChI is InChI=1S/C27H23Cl3N4O3/c1-2-3-4-16-5-8-21(9-6-16)31-26(36)27(37)33-34-23-10-7-18(28)11-17(23)12-24(34)25(35)32-22-14-19(29)13-20(30)15-22/h5-15H,2-4H2,1H3,(H,31,36)(H,32,35)(H,33,37). The highest BCUT2D eigenvalue weighted by molar-refractivity contribution is 6.42. The number of hydrogen-bond acceptors (Lipinski definition) is 3. The number of hydrogen-bond donors (Lipinski definition) is 3.